The van der Waals surface area contributed by atoms with Crippen LogP contribution >= 0.6 is 0 Å². The first-order valence-electron chi connectivity index (χ1n) is 5.75. The van der Waals surface area contributed by atoms with Crippen molar-refractivity contribution in [3.05, 3.63) is 0 Å². The first-order valence-corrected chi connectivity index (χ1v) is 5.75. The highest BCUT2D eigenvalue weighted by Crippen LogP contribution is 2.11. The topological polar surface area (TPSA) is 109 Å². The molecule has 0 aliphatic rings. The van der Waals surface area contributed by atoms with Gasteiger partial charge in [-0.1, -0.05) is 0 Å². The highest BCUT2D eigenvalue weighted by Gasteiger charge is 2.21. The van der Waals surface area contributed by atoms with Crippen LogP contribution in [0.1, 0.15) is 25.7 Å². The highest BCUT2D eigenvalue weighted by molar-refractivity contribution is 5.90. The molecule has 0 fully saturated rings. The molecule has 0 aliphatic carbocycles. The second-order valence-electron chi connectivity index (χ2n) is 4.00. The SMILES string of the molecule is O=CCC(CO)C(=O)CCC(=O)C(CO)CC=O. The zero-order valence-electron chi connectivity index (χ0n) is 10.1. The molecular formula is C12H18O6. The van der Waals surface area contributed by atoms with E-state index >= 15 is 0 Å². The lowest BCUT2D eigenvalue weighted by molar-refractivity contribution is -0.130. The van der Waals surface area contributed by atoms with Crippen molar-refractivity contribution in [2.45, 2.75) is 25.7 Å². The van der Waals surface area contributed by atoms with Gasteiger partial charge in [0.2, 0.25) is 0 Å². The predicted molar refractivity (Wildman–Crippen MR) is 61.8 cm³/mol. The van der Waals surface area contributed by atoms with Gasteiger partial charge in [0.15, 0.2) is 0 Å². The minimum absolute atomic E-state index is 0.0682. The van der Waals surface area contributed by atoms with Gasteiger partial charge in [0.25, 0.3) is 0 Å². The molecule has 0 aromatic heterocycles. The number of Topliss-reactive ketones (excluding diaryl/α,β-unsaturated/α-hetero) is 2. The van der Waals surface area contributed by atoms with Gasteiger partial charge in [0, 0.05) is 37.5 Å². The number of rotatable bonds is 11. The summed E-state index contributed by atoms with van der Waals surface area (Å²) < 4.78 is 0. The van der Waals surface area contributed by atoms with Crippen LogP contribution in [0.4, 0.5) is 0 Å². The summed E-state index contributed by atoms with van der Waals surface area (Å²) in [5.74, 6) is -2.26. The van der Waals surface area contributed by atoms with Crippen LogP contribution in [0, 0.1) is 11.8 Å². The standard InChI is InChI=1S/C12H18O6/c13-5-3-9(7-15)11(17)1-2-12(18)10(8-16)4-6-14/h5-6,9-10,15-16H,1-4,7-8H2. The van der Waals surface area contributed by atoms with Gasteiger partial charge in [0.1, 0.15) is 24.1 Å². The molecule has 0 saturated heterocycles. The van der Waals surface area contributed by atoms with Crippen molar-refractivity contribution in [3.8, 4) is 0 Å². The Morgan fingerprint density at radius 1 is 0.833 bits per heavy atom. The number of hydrogen-bond acceptors (Lipinski definition) is 6. The number of carbonyl (C=O) groups excluding carboxylic acids is 4. The summed E-state index contributed by atoms with van der Waals surface area (Å²) in [5.41, 5.74) is 0. The van der Waals surface area contributed by atoms with Gasteiger partial charge in [-0.15, -0.1) is 0 Å². The molecular weight excluding hydrogens is 240 g/mol. The average molecular weight is 258 g/mol. The van der Waals surface area contributed by atoms with Gasteiger partial charge in [0.05, 0.1) is 13.2 Å². The van der Waals surface area contributed by atoms with E-state index in [1.165, 1.54) is 0 Å². The Morgan fingerprint density at radius 3 is 1.39 bits per heavy atom. The molecule has 0 saturated carbocycles. The summed E-state index contributed by atoms with van der Waals surface area (Å²) in [7, 11) is 0. The van der Waals surface area contributed by atoms with Crippen LogP contribution in [-0.4, -0.2) is 47.6 Å². The van der Waals surface area contributed by atoms with Gasteiger partial charge in [-0.2, -0.15) is 0 Å². The number of aliphatic hydroxyl groups is 2. The molecule has 6 heteroatoms. The Kier molecular flexibility index (Phi) is 8.86. The molecule has 2 unspecified atom stereocenters. The lowest BCUT2D eigenvalue weighted by atomic mass is 9.93. The largest absolute Gasteiger partial charge is 0.396 e. The van der Waals surface area contributed by atoms with Crippen LogP contribution in [0.3, 0.4) is 0 Å². The summed E-state index contributed by atoms with van der Waals surface area (Å²) in [6.45, 7) is -0.854. The summed E-state index contributed by atoms with van der Waals surface area (Å²) in [5, 5.41) is 17.8. The Balaban J connectivity index is 4.21. The van der Waals surface area contributed by atoms with Crippen molar-refractivity contribution < 1.29 is 29.4 Å². The molecule has 0 rings (SSSR count). The summed E-state index contributed by atoms with van der Waals surface area (Å²) in [6.07, 6.45) is 0.774. The molecule has 0 amide bonds. The van der Waals surface area contributed by atoms with Gasteiger partial charge < -0.3 is 19.8 Å². The third kappa shape index (κ3) is 5.79. The highest BCUT2D eigenvalue weighted by atomic mass is 16.3. The first-order chi connectivity index (χ1) is 8.60. The number of hydrogen-bond donors (Lipinski definition) is 2. The van der Waals surface area contributed by atoms with Crippen molar-refractivity contribution in [2.24, 2.45) is 11.8 Å². The van der Waals surface area contributed by atoms with E-state index in [1.54, 1.807) is 0 Å². The van der Waals surface area contributed by atoms with Gasteiger partial charge in [-0.05, 0) is 0 Å². The molecule has 0 aliphatic heterocycles. The Hall–Kier alpha value is -1.40. The molecule has 0 spiro atoms. The van der Waals surface area contributed by atoms with Crippen LogP contribution in [0.25, 0.3) is 0 Å². The van der Waals surface area contributed by atoms with E-state index < -0.39 is 25.0 Å². The van der Waals surface area contributed by atoms with Crippen LogP contribution < -0.4 is 0 Å². The molecule has 6 nitrogen and oxygen atoms in total. The molecule has 102 valence electrons. The molecule has 0 heterocycles. The van der Waals surface area contributed by atoms with E-state index in [2.05, 4.69) is 0 Å². The normalized spacial score (nSPS) is 13.7. The van der Waals surface area contributed by atoms with E-state index in [-0.39, 0.29) is 37.2 Å². The zero-order chi connectivity index (χ0) is 14.0. The summed E-state index contributed by atoms with van der Waals surface area (Å²) in [4.78, 5) is 43.6. The third-order valence-corrected chi connectivity index (χ3v) is 2.73. The fraction of sp³-hybridized carbons (Fsp3) is 0.667. The van der Waals surface area contributed by atoms with Gasteiger partial charge in [-0.25, -0.2) is 0 Å². The number of aliphatic hydroxyl groups excluding tert-OH is 2. The van der Waals surface area contributed by atoms with Gasteiger partial charge in [-0.3, -0.25) is 9.59 Å². The fourth-order valence-corrected chi connectivity index (χ4v) is 1.50. The van der Waals surface area contributed by atoms with E-state index in [0.717, 1.165) is 0 Å². The van der Waals surface area contributed by atoms with Crippen molar-refractivity contribution >= 4 is 24.1 Å². The van der Waals surface area contributed by atoms with Gasteiger partial charge >= 0.3 is 0 Å². The number of ketones is 2. The Labute approximate surface area is 105 Å². The maximum atomic E-state index is 11.5. The van der Waals surface area contributed by atoms with Crippen LogP contribution in [0.2, 0.25) is 0 Å². The number of aldehydes is 2. The molecule has 0 aromatic rings. The van der Waals surface area contributed by atoms with Crippen LogP contribution in [0.15, 0.2) is 0 Å². The van der Waals surface area contributed by atoms with E-state index in [1.807, 2.05) is 0 Å². The second kappa shape index (κ2) is 9.61. The lowest BCUT2D eigenvalue weighted by Gasteiger charge is -2.11. The Morgan fingerprint density at radius 2 is 1.17 bits per heavy atom. The number of carbonyl (C=O) groups is 4. The average Bonchev–Trinajstić information content (AvgIpc) is 2.38. The molecule has 18 heavy (non-hydrogen) atoms. The molecule has 0 bridgehead atoms. The van der Waals surface area contributed by atoms with E-state index in [4.69, 9.17) is 10.2 Å². The van der Waals surface area contributed by atoms with Crippen molar-refractivity contribution in [2.75, 3.05) is 13.2 Å². The summed E-state index contributed by atoms with van der Waals surface area (Å²) in [6, 6.07) is 0. The summed E-state index contributed by atoms with van der Waals surface area (Å²) >= 11 is 0. The first kappa shape index (κ1) is 16.6. The van der Waals surface area contributed by atoms with E-state index in [9.17, 15) is 19.2 Å². The van der Waals surface area contributed by atoms with Crippen LogP contribution in [-0.2, 0) is 19.2 Å². The minimum atomic E-state index is -0.769. The molecule has 0 radical (unpaired) electrons. The minimum Gasteiger partial charge on any atom is -0.396 e. The quantitative estimate of drug-likeness (QED) is 0.474. The lowest BCUT2D eigenvalue weighted by Crippen LogP contribution is -2.23. The monoisotopic (exact) mass is 258 g/mol. The molecule has 0 aromatic carbocycles. The van der Waals surface area contributed by atoms with Crippen molar-refractivity contribution in [1.29, 1.82) is 0 Å². The fourth-order valence-electron chi connectivity index (χ4n) is 1.50. The van der Waals surface area contributed by atoms with E-state index in [0.29, 0.717) is 12.6 Å². The smallest absolute Gasteiger partial charge is 0.139 e. The second-order valence-corrected chi connectivity index (χ2v) is 4.00. The predicted octanol–water partition coefficient (Wildman–Crippen LogP) is -0.700. The van der Waals surface area contributed by atoms with Crippen molar-refractivity contribution in [3.63, 3.8) is 0 Å². The molecule has 2 atom stereocenters. The zero-order valence-corrected chi connectivity index (χ0v) is 10.1. The maximum Gasteiger partial charge on any atom is 0.139 e. The maximum absolute atomic E-state index is 11.5. The Bertz CT molecular complexity index is 269. The van der Waals surface area contributed by atoms with Crippen LogP contribution in [0.5, 0.6) is 0 Å². The molecule has 2 N–H and O–H groups in total. The van der Waals surface area contributed by atoms with Crippen molar-refractivity contribution in [1.82, 2.24) is 0 Å². The third-order valence-electron chi connectivity index (χ3n) is 2.73.